The Morgan fingerprint density at radius 1 is 1.24 bits per heavy atom. The molecule has 4 nitrogen and oxygen atoms in total. The summed E-state index contributed by atoms with van der Waals surface area (Å²) in [5.41, 5.74) is -0.856. The molecule has 0 bridgehead atoms. The van der Waals surface area contributed by atoms with Gasteiger partial charge < -0.3 is 5.32 Å². The van der Waals surface area contributed by atoms with Crippen LogP contribution in [0.3, 0.4) is 0 Å². The quantitative estimate of drug-likeness (QED) is 0.894. The Balaban J connectivity index is 0.00000220. The van der Waals surface area contributed by atoms with Gasteiger partial charge in [-0.25, -0.2) is 8.42 Å². The van der Waals surface area contributed by atoms with Gasteiger partial charge in [0.1, 0.15) is 0 Å². The molecule has 2 rings (SSSR count). The largest absolute Gasteiger partial charge is 0.416 e. The molecule has 1 N–H and O–H groups in total. The lowest BCUT2D eigenvalue weighted by atomic mass is 10.2. The van der Waals surface area contributed by atoms with E-state index in [0.29, 0.717) is 19.6 Å². The molecule has 21 heavy (non-hydrogen) atoms. The molecule has 0 aromatic heterocycles. The normalized spacial score (nSPS) is 20.9. The molecule has 1 heterocycles. The highest BCUT2D eigenvalue weighted by Gasteiger charge is 2.32. The maximum Gasteiger partial charge on any atom is 0.416 e. The van der Waals surface area contributed by atoms with Crippen LogP contribution in [0, 0.1) is 0 Å². The summed E-state index contributed by atoms with van der Waals surface area (Å²) in [5.74, 6) is 0. The van der Waals surface area contributed by atoms with Crippen LogP contribution in [0.25, 0.3) is 0 Å². The Morgan fingerprint density at radius 2 is 1.81 bits per heavy atom. The van der Waals surface area contributed by atoms with Gasteiger partial charge in [0, 0.05) is 25.7 Å². The summed E-state index contributed by atoms with van der Waals surface area (Å²) < 4.78 is 63.3. The van der Waals surface area contributed by atoms with Crippen LogP contribution in [0.4, 0.5) is 13.2 Å². The molecule has 1 atom stereocenters. The molecular weight excluding hydrogens is 329 g/mol. The van der Waals surface area contributed by atoms with Crippen molar-refractivity contribution in [2.24, 2.45) is 0 Å². The zero-order valence-electron chi connectivity index (χ0n) is 11.2. The number of sulfonamides is 1. The Morgan fingerprint density at radius 3 is 2.29 bits per heavy atom. The molecule has 9 heteroatoms. The molecule has 0 amide bonds. The van der Waals surface area contributed by atoms with Crippen molar-refractivity contribution in [2.45, 2.75) is 24.0 Å². The predicted molar refractivity (Wildman–Crippen MR) is 74.9 cm³/mol. The fourth-order valence-electron chi connectivity index (χ4n) is 2.08. The fourth-order valence-corrected chi connectivity index (χ4v) is 3.61. The molecule has 0 spiro atoms. The minimum absolute atomic E-state index is 0. The van der Waals surface area contributed by atoms with Crippen LogP contribution >= 0.6 is 12.4 Å². The first-order valence-corrected chi connectivity index (χ1v) is 7.56. The summed E-state index contributed by atoms with van der Waals surface area (Å²) in [7, 11) is -3.73. The summed E-state index contributed by atoms with van der Waals surface area (Å²) in [6.07, 6.45) is -4.47. The van der Waals surface area contributed by atoms with Gasteiger partial charge in [-0.1, -0.05) is 0 Å². The summed E-state index contributed by atoms with van der Waals surface area (Å²) >= 11 is 0. The van der Waals surface area contributed by atoms with Crippen LogP contribution in [0.2, 0.25) is 0 Å². The lowest BCUT2D eigenvalue weighted by molar-refractivity contribution is -0.137. The molecule has 0 unspecified atom stereocenters. The zero-order valence-corrected chi connectivity index (χ0v) is 12.9. The minimum atomic E-state index is -4.47. The Hall–Kier alpha value is -0.830. The van der Waals surface area contributed by atoms with Gasteiger partial charge in [0.05, 0.1) is 10.5 Å². The van der Waals surface area contributed by atoms with Crippen LogP contribution in [0.15, 0.2) is 29.2 Å². The van der Waals surface area contributed by atoms with E-state index in [9.17, 15) is 21.6 Å². The first-order chi connectivity index (χ1) is 9.21. The molecular formula is C12H16ClF3N2O2S. The van der Waals surface area contributed by atoms with E-state index in [-0.39, 0.29) is 23.3 Å². The van der Waals surface area contributed by atoms with E-state index in [1.807, 2.05) is 6.92 Å². The van der Waals surface area contributed by atoms with Crippen molar-refractivity contribution in [3.05, 3.63) is 29.8 Å². The summed E-state index contributed by atoms with van der Waals surface area (Å²) in [5, 5.41) is 3.11. The predicted octanol–water partition coefficient (Wildman–Crippen LogP) is 2.11. The highest BCUT2D eigenvalue weighted by atomic mass is 35.5. The van der Waals surface area contributed by atoms with E-state index in [1.165, 1.54) is 4.31 Å². The Labute approximate surface area is 127 Å². The lowest BCUT2D eigenvalue weighted by Crippen LogP contribution is -2.51. The topological polar surface area (TPSA) is 49.4 Å². The number of halogens is 4. The van der Waals surface area contributed by atoms with Crippen LogP contribution in [0.5, 0.6) is 0 Å². The average Bonchev–Trinajstić information content (AvgIpc) is 2.38. The first-order valence-electron chi connectivity index (χ1n) is 6.12. The average molecular weight is 345 g/mol. The standard InChI is InChI=1S/C12H15F3N2O2S.ClH/c1-9-8-17(7-6-16-9)20(18,19)11-4-2-10(3-5-11)12(13,14)15;/h2-5,9,16H,6-8H2,1H3;1H/t9-;/m0./s1. The third-order valence-corrected chi connectivity index (χ3v) is 5.03. The fraction of sp³-hybridized carbons (Fsp3) is 0.500. The van der Waals surface area contributed by atoms with Gasteiger partial charge in [-0.2, -0.15) is 17.5 Å². The number of hydrogen-bond acceptors (Lipinski definition) is 3. The van der Waals surface area contributed by atoms with Crippen molar-refractivity contribution in [3.8, 4) is 0 Å². The number of alkyl halides is 3. The van der Waals surface area contributed by atoms with Gasteiger partial charge in [-0.15, -0.1) is 12.4 Å². The van der Waals surface area contributed by atoms with E-state index in [4.69, 9.17) is 0 Å². The zero-order chi connectivity index (χ0) is 15.0. The monoisotopic (exact) mass is 344 g/mol. The molecule has 1 saturated heterocycles. The maximum atomic E-state index is 12.5. The second-order valence-electron chi connectivity index (χ2n) is 4.74. The number of piperazine rings is 1. The van der Waals surface area contributed by atoms with Gasteiger partial charge in [-0.3, -0.25) is 0 Å². The van der Waals surface area contributed by atoms with Crippen molar-refractivity contribution >= 4 is 22.4 Å². The van der Waals surface area contributed by atoms with Crippen LogP contribution in [0.1, 0.15) is 12.5 Å². The Bertz CT molecular complexity index is 575. The first kappa shape index (κ1) is 18.2. The molecule has 1 aromatic rings. The van der Waals surface area contributed by atoms with E-state index >= 15 is 0 Å². The molecule has 0 saturated carbocycles. The number of nitrogens with one attached hydrogen (secondary N) is 1. The van der Waals surface area contributed by atoms with E-state index in [0.717, 1.165) is 24.3 Å². The summed E-state index contributed by atoms with van der Waals surface area (Å²) in [6, 6.07) is 3.61. The number of nitrogens with zero attached hydrogens (tertiary/aromatic N) is 1. The van der Waals surface area contributed by atoms with Gasteiger partial charge >= 0.3 is 6.18 Å². The van der Waals surface area contributed by atoms with Crippen LogP contribution < -0.4 is 5.32 Å². The van der Waals surface area contributed by atoms with Gasteiger partial charge in [0.15, 0.2) is 0 Å². The molecule has 1 aliphatic heterocycles. The number of benzene rings is 1. The highest BCUT2D eigenvalue weighted by Crippen LogP contribution is 2.30. The SMILES string of the molecule is C[C@H]1CN(S(=O)(=O)c2ccc(C(F)(F)F)cc2)CCN1.Cl. The second kappa shape index (κ2) is 6.51. The molecule has 0 aliphatic carbocycles. The van der Waals surface area contributed by atoms with Crippen LogP contribution in [-0.2, 0) is 16.2 Å². The van der Waals surface area contributed by atoms with Gasteiger partial charge in [-0.05, 0) is 31.2 Å². The van der Waals surface area contributed by atoms with E-state index < -0.39 is 21.8 Å². The number of rotatable bonds is 2. The number of hydrogen-bond donors (Lipinski definition) is 1. The van der Waals surface area contributed by atoms with Crippen molar-refractivity contribution in [2.75, 3.05) is 19.6 Å². The molecule has 0 radical (unpaired) electrons. The second-order valence-corrected chi connectivity index (χ2v) is 6.68. The minimum Gasteiger partial charge on any atom is -0.312 e. The van der Waals surface area contributed by atoms with Crippen LogP contribution in [-0.4, -0.2) is 38.4 Å². The highest BCUT2D eigenvalue weighted by molar-refractivity contribution is 7.89. The summed E-state index contributed by atoms with van der Waals surface area (Å²) in [4.78, 5) is -0.111. The Kier molecular flexibility index (Phi) is 5.65. The molecule has 1 aromatic carbocycles. The maximum absolute atomic E-state index is 12.5. The van der Waals surface area contributed by atoms with E-state index in [2.05, 4.69) is 5.32 Å². The smallest absolute Gasteiger partial charge is 0.312 e. The van der Waals surface area contributed by atoms with Crippen molar-refractivity contribution in [1.29, 1.82) is 0 Å². The van der Waals surface area contributed by atoms with E-state index in [1.54, 1.807) is 0 Å². The van der Waals surface area contributed by atoms with Crippen molar-refractivity contribution < 1.29 is 21.6 Å². The van der Waals surface area contributed by atoms with Crippen molar-refractivity contribution in [1.82, 2.24) is 9.62 Å². The third kappa shape index (κ3) is 4.09. The lowest BCUT2D eigenvalue weighted by Gasteiger charge is -2.31. The van der Waals surface area contributed by atoms with Crippen molar-refractivity contribution in [3.63, 3.8) is 0 Å². The van der Waals surface area contributed by atoms with Gasteiger partial charge in [0.2, 0.25) is 10.0 Å². The summed E-state index contributed by atoms with van der Waals surface area (Å²) in [6.45, 7) is 3.01. The third-order valence-electron chi connectivity index (χ3n) is 3.15. The van der Waals surface area contributed by atoms with Gasteiger partial charge in [0.25, 0.3) is 0 Å². The molecule has 1 fully saturated rings. The molecule has 120 valence electrons. The molecule has 1 aliphatic rings.